The van der Waals surface area contributed by atoms with Crippen molar-refractivity contribution < 1.29 is 4.74 Å². The van der Waals surface area contributed by atoms with Crippen molar-refractivity contribution in [2.45, 2.75) is 44.2 Å². The first kappa shape index (κ1) is 11.4. The highest BCUT2D eigenvalue weighted by molar-refractivity contribution is 4.81. The van der Waals surface area contributed by atoms with Gasteiger partial charge in [-0.15, -0.1) is 0 Å². The van der Waals surface area contributed by atoms with Gasteiger partial charge in [-0.25, -0.2) is 0 Å². The van der Waals surface area contributed by atoms with Gasteiger partial charge in [0.1, 0.15) is 0 Å². The monoisotopic (exact) mass is 212 g/mol. The van der Waals surface area contributed by atoms with E-state index in [-0.39, 0.29) is 0 Å². The Kier molecular flexibility index (Phi) is 4.00. The van der Waals surface area contributed by atoms with Gasteiger partial charge in [-0.1, -0.05) is 0 Å². The predicted octanol–water partition coefficient (Wildman–Crippen LogP) is 1.22. The maximum absolute atomic E-state index is 5.92. The Balaban J connectivity index is 1.72. The first-order valence-electron chi connectivity index (χ1n) is 6.29. The van der Waals surface area contributed by atoms with Crippen LogP contribution in [0.4, 0.5) is 0 Å². The summed E-state index contributed by atoms with van der Waals surface area (Å²) in [5, 5.41) is 0. The predicted molar refractivity (Wildman–Crippen MR) is 61.8 cm³/mol. The Morgan fingerprint density at radius 3 is 2.53 bits per heavy atom. The molecule has 0 amide bonds. The van der Waals surface area contributed by atoms with E-state index in [1.54, 1.807) is 0 Å². The van der Waals surface area contributed by atoms with Gasteiger partial charge < -0.3 is 15.4 Å². The van der Waals surface area contributed by atoms with E-state index in [1.807, 2.05) is 0 Å². The molecule has 1 heterocycles. The van der Waals surface area contributed by atoms with Crippen LogP contribution in [-0.4, -0.2) is 43.8 Å². The quantitative estimate of drug-likeness (QED) is 0.764. The van der Waals surface area contributed by atoms with E-state index in [1.165, 1.54) is 38.6 Å². The number of rotatable bonds is 3. The maximum Gasteiger partial charge on any atom is 0.0507 e. The number of hydrogen-bond donors (Lipinski definition) is 1. The second-order valence-electron chi connectivity index (χ2n) is 5.24. The number of nitrogens with two attached hydrogens (primary N) is 1. The summed E-state index contributed by atoms with van der Waals surface area (Å²) in [7, 11) is 2.26. The largest absolute Gasteiger partial charge is 0.381 e. The van der Waals surface area contributed by atoms with Gasteiger partial charge in [0.15, 0.2) is 0 Å². The molecule has 88 valence electrons. The van der Waals surface area contributed by atoms with Crippen LogP contribution >= 0.6 is 0 Å². The fourth-order valence-corrected chi connectivity index (χ4v) is 2.83. The number of ether oxygens (including phenoxy) is 1. The minimum absolute atomic E-state index is 0.462. The van der Waals surface area contributed by atoms with Crippen LogP contribution in [0.15, 0.2) is 0 Å². The summed E-state index contributed by atoms with van der Waals surface area (Å²) in [5.41, 5.74) is 5.92. The van der Waals surface area contributed by atoms with E-state index >= 15 is 0 Å². The molecule has 2 aliphatic rings. The topological polar surface area (TPSA) is 38.5 Å². The molecular weight excluding hydrogens is 188 g/mol. The third kappa shape index (κ3) is 3.16. The highest BCUT2D eigenvalue weighted by Gasteiger charge is 2.25. The number of hydrogen-bond acceptors (Lipinski definition) is 3. The molecule has 0 bridgehead atoms. The molecule has 1 saturated heterocycles. The second kappa shape index (κ2) is 5.28. The van der Waals surface area contributed by atoms with Crippen molar-refractivity contribution in [3.8, 4) is 0 Å². The third-order valence-corrected chi connectivity index (χ3v) is 3.93. The molecule has 15 heavy (non-hydrogen) atoms. The van der Waals surface area contributed by atoms with Gasteiger partial charge >= 0.3 is 0 Å². The van der Waals surface area contributed by atoms with Crippen LogP contribution in [-0.2, 0) is 4.74 Å². The lowest BCUT2D eigenvalue weighted by atomic mass is 9.90. The molecule has 1 unspecified atom stereocenters. The molecule has 2 N–H and O–H groups in total. The Hall–Kier alpha value is -0.120. The number of nitrogens with zero attached hydrogens (tertiary/aromatic N) is 1. The minimum atomic E-state index is 0.462. The summed E-state index contributed by atoms with van der Waals surface area (Å²) in [5.74, 6) is 0.769. The lowest BCUT2D eigenvalue weighted by molar-refractivity contribution is 0.140. The van der Waals surface area contributed by atoms with Crippen LogP contribution in [0.5, 0.6) is 0 Å². The van der Waals surface area contributed by atoms with Crippen LogP contribution in [0.25, 0.3) is 0 Å². The highest BCUT2D eigenvalue weighted by Crippen LogP contribution is 2.23. The lowest BCUT2D eigenvalue weighted by Crippen LogP contribution is -2.40. The Morgan fingerprint density at radius 1 is 1.20 bits per heavy atom. The molecule has 1 saturated carbocycles. The fourth-order valence-electron chi connectivity index (χ4n) is 2.83. The van der Waals surface area contributed by atoms with Crippen molar-refractivity contribution in [2.24, 2.45) is 11.7 Å². The van der Waals surface area contributed by atoms with Gasteiger partial charge in [0.05, 0.1) is 6.61 Å². The highest BCUT2D eigenvalue weighted by atomic mass is 16.5. The minimum Gasteiger partial charge on any atom is -0.381 e. The van der Waals surface area contributed by atoms with E-state index in [9.17, 15) is 0 Å². The summed E-state index contributed by atoms with van der Waals surface area (Å²) in [4.78, 5) is 2.53. The molecule has 0 spiro atoms. The third-order valence-electron chi connectivity index (χ3n) is 3.93. The van der Waals surface area contributed by atoms with E-state index in [0.717, 1.165) is 25.2 Å². The van der Waals surface area contributed by atoms with Crippen molar-refractivity contribution in [1.82, 2.24) is 4.90 Å². The molecular formula is C12H24N2O. The van der Waals surface area contributed by atoms with Crippen LogP contribution < -0.4 is 5.73 Å². The van der Waals surface area contributed by atoms with Crippen molar-refractivity contribution in [3.63, 3.8) is 0 Å². The first-order valence-corrected chi connectivity index (χ1v) is 6.29. The van der Waals surface area contributed by atoms with Gasteiger partial charge in [-0.05, 0) is 45.1 Å². The van der Waals surface area contributed by atoms with Gasteiger partial charge in [-0.3, -0.25) is 0 Å². The molecule has 1 aliphatic carbocycles. The smallest absolute Gasteiger partial charge is 0.0507 e. The first-order chi connectivity index (χ1) is 7.25. The average Bonchev–Trinajstić information content (AvgIpc) is 2.71. The summed E-state index contributed by atoms with van der Waals surface area (Å²) in [6.45, 7) is 3.14. The summed E-state index contributed by atoms with van der Waals surface area (Å²) in [6.07, 6.45) is 6.22. The molecule has 3 nitrogen and oxygen atoms in total. The van der Waals surface area contributed by atoms with Gasteiger partial charge in [-0.2, -0.15) is 0 Å². The fraction of sp³-hybridized carbons (Fsp3) is 1.00. The SMILES string of the molecule is CN(CC1CCOC1)C1CCC(N)CC1. The molecule has 2 fully saturated rings. The van der Waals surface area contributed by atoms with Crippen LogP contribution in [0.3, 0.4) is 0 Å². The lowest BCUT2D eigenvalue weighted by Gasteiger charge is -2.34. The maximum atomic E-state index is 5.92. The second-order valence-corrected chi connectivity index (χ2v) is 5.24. The zero-order chi connectivity index (χ0) is 10.7. The molecule has 3 heteroatoms. The van der Waals surface area contributed by atoms with Crippen LogP contribution in [0.1, 0.15) is 32.1 Å². The van der Waals surface area contributed by atoms with Crippen LogP contribution in [0.2, 0.25) is 0 Å². The van der Waals surface area contributed by atoms with Crippen molar-refractivity contribution in [1.29, 1.82) is 0 Å². The molecule has 1 atom stereocenters. The molecule has 0 aromatic rings. The van der Waals surface area contributed by atoms with E-state index in [2.05, 4.69) is 11.9 Å². The summed E-state index contributed by atoms with van der Waals surface area (Å²) >= 11 is 0. The molecule has 2 rings (SSSR count). The Labute approximate surface area is 93.0 Å². The van der Waals surface area contributed by atoms with Crippen molar-refractivity contribution in [3.05, 3.63) is 0 Å². The standard InChI is InChI=1S/C12H24N2O/c1-14(8-10-6-7-15-9-10)12-4-2-11(13)3-5-12/h10-12H,2-9,13H2,1H3. The Morgan fingerprint density at radius 2 is 1.93 bits per heavy atom. The normalized spacial score (nSPS) is 37.4. The zero-order valence-corrected chi connectivity index (χ0v) is 9.82. The van der Waals surface area contributed by atoms with Crippen molar-refractivity contribution >= 4 is 0 Å². The Bertz CT molecular complexity index is 184. The average molecular weight is 212 g/mol. The molecule has 1 aliphatic heterocycles. The van der Waals surface area contributed by atoms with Gasteiger partial charge in [0, 0.05) is 25.2 Å². The molecule has 0 radical (unpaired) electrons. The van der Waals surface area contributed by atoms with Crippen molar-refractivity contribution in [2.75, 3.05) is 26.8 Å². The van der Waals surface area contributed by atoms with Gasteiger partial charge in [0.2, 0.25) is 0 Å². The van der Waals surface area contributed by atoms with E-state index in [4.69, 9.17) is 10.5 Å². The van der Waals surface area contributed by atoms with Gasteiger partial charge in [0.25, 0.3) is 0 Å². The molecule has 0 aromatic carbocycles. The van der Waals surface area contributed by atoms with Crippen LogP contribution in [0, 0.1) is 5.92 Å². The zero-order valence-electron chi connectivity index (χ0n) is 9.82. The molecule has 0 aromatic heterocycles. The van der Waals surface area contributed by atoms with E-state index < -0.39 is 0 Å². The summed E-state index contributed by atoms with van der Waals surface area (Å²) in [6, 6.07) is 1.23. The summed E-state index contributed by atoms with van der Waals surface area (Å²) < 4.78 is 5.42. The van der Waals surface area contributed by atoms with E-state index in [0.29, 0.717) is 6.04 Å².